The Hall–Kier alpha value is -2.18. The molecule has 1 aromatic heterocycles. The topological polar surface area (TPSA) is 61.6 Å². The van der Waals surface area contributed by atoms with E-state index in [0.29, 0.717) is 6.54 Å². The molecule has 2 aromatic rings. The van der Waals surface area contributed by atoms with Crippen LogP contribution in [0.2, 0.25) is 0 Å². The van der Waals surface area contributed by atoms with Crippen LogP contribution in [0.25, 0.3) is 0 Å². The van der Waals surface area contributed by atoms with E-state index in [-0.39, 0.29) is 5.91 Å². The van der Waals surface area contributed by atoms with Crippen LogP contribution in [-0.2, 0) is 24.2 Å². The summed E-state index contributed by atoms with van der Waals surface area (Å²) in [5, 5.41) is 7.10. The van der Waals surface area contributed by atoms with E-state index < -0.39 is 0 Å². The number of rotatable bonds is 7. The van der Waals surface area contributed by atoms with Crippen LogP contribution in [0.3, 0.4) is 0 Å². The first-order valence-corrected chi connectivity index (χ1v) is 9.86. The Balaban J connectivity index is 1.50. The molecule has 1 aliphatic heterocycles. The molecule has 1 aromatic carbocycles. The normalized spacial score (nSPS) is 15.8. The summed E-state index contributed by atoms with van der Waals surface area (Å²) in [6, 6.07) is 8.25. The second-order valence-electron chi connectivity index (χ2n) is 7.19. The minimum absolute atomic E-state index is 0.0740. The van der Waals surface area contributed by atoms with Crippen molar-refractivity contribution in [3.05, 3.63) is 46.8 Å². The van der Waals surface area contributed by atoms with Gasteiger partial charge in [0.1, 0.15) is 0 Å². The van der Waals surface area contributed by atoms with Gasteiger partial charge in [0, 0.05) is 37.9 Å². The smallest absolute Gasteiger partial charge is 0.238 e. The Labute approximate surface area is 161 Å². The van der Waals surface area contributed by atoms with Crippen molar-refractivity contribution < 1.29 is 9.32 Å². The van der Waals surface area contributed by atoms with E-state index in [9.17, 15) is 4.79 Å². The van der Waals surface area contributed by atoms with Crippen molar-refractivity contribution in [1.82, 2.24) is 15.0 Å². The van der Waals surface area contributed by atoms with Crippen LogP contribution in [0, 0.1) is 6.92 Å². The molecule has 146 valence electrons. The molecule has 1 saturated heterocycles. The van der Waals surface area contributed by atoms with E-state index in [2.05, 4.69) is 52.3 Å². The number of nitrogens with zero attached hydrogens (tertiary/aromatic N) is 3. The summed E-state index contributed by atoms with van der Waals surface area (Å²) in [7, 11) is 0. The number of benzene rings is 1. The first-order valence-electron chi connectivity index (χ1n) is 9.86. The van der Waals surface area contributed by atoms with Crippen LogP contribution in [-0.4, -0.2) is 53.6 Å². The average Bonchev–Trinajstić information content (AvgIpc) is 3.08. The number of hydrogen-bond donors (Lipinski definition) is 1. The molecule has 2 heterocycles. The van der Waals surface area contributed by atoms with Gasteiger partial charge in [-0.1, -0.05) is 37.2 Å². The van der Waals surface area contributed by atoms with E-state index in [1.165, 1.54) is 11.1 Å². The fourth-order valence-corrected chi connectivity index (χ4v) is 3.60. The Bertz CT molecular complexity index is 741. The third-order valence-corrected chi connectivity index (χ3v) is 5.15. The van der Waals surface area contributed by atoms with Gasteiger partial charge in [0.2, 0.25) is 5.91 Å². The summed E-state index contributed by atoms with van der Waals surface area (Å²) >= 11 is 0. The lowest BCUT2D eigenvalue weighted by Crippen LogP contribution is -2.48. The van der Waals surface area contributed by atoms with E-state index >= 15 is 0 Å². The molecule has 0 bridgehead atoms. The maximum Gasteiger partial charge on any atom is 0.238 e. The third kappa shape index (κ3) is 5.17. The first-order chi connectivity index (χ1) is 13.1. The summed E-state index contributed by atoms with van der Waals surface area (Å²) < 4.78 is 5.30. The molecule has 1 amide bonds. The molecule has 1 aliphatic rings. The largest absolute Gasteiger partial charge is 0.360 e. The van der Waals surface area contributed by atoms with Crippen LogP contribution < -0.4 is 5.32 Å². The van der Waals surface area contributed by atoms with Gasteiger partial charge in [-0.05, 0) is 30.9 Å². The molecule has 0 radical (unpaired) electrons. The number of carbonyl (C=O) groups excluding carboxylic acids is 1. The van der Waals surface area contributed by atoms with Gasteiger partial charge in [-0.3, -0.25) is 14.6 Å². The standard InChI is InChI=1S/C21H30N4O2/c1-4-17-7-6-8-18(5-2)21(17)22-20(26)15-25-11-9-24(10-12-25)14-19-13-16(3)23-27-19/h6-8,13H,4-5,9-12,14-15H2,1-3H3,(H,22,26). The predicted octanol–water partition coefficient (Wildman–Crippen LogP) is 2.86. The molecule has 27 heavy (non-hydrogen) atoms. The first kappa shape index (κ1) is 19.6. The van der Waals surface area contributed by atoms with Gasteiger partial charge in [-0.15, -0.1) is 0 Å². The van der Waals surface area contributed by atoms with Crippen LogP contribution in [0.4, 0.5) is 5.69 Å². The molecule has 3 rings (SSSR count). The molecule has 1 fully saturated rings. The van der Waals surface area contributed by atoms with E-state index in [1.54, 1.807) is 0 Å². The molecule has 0 spiro atoms. The zero-order chi connectivity index (χ0) is 19.2. The van der Waals surface area contributed by atoms with Gasteiger partial charge in [0.15, 0.2) is 5.76 Å². The fourth-order valence-electron chi connectivity index (χ4n) is 3.60. The SMILES string of the molecule is CCc1cccc(CC)c1NC(=O)CN1CCN(Cc2cc(C)no2)CC1. The van der Waals surface area contributed by atoms with Crippen molar-refractivity contribution in [2.45, 2.75) is 40.2 Å². The number of aryl methyl sites for hydroxylation is 3. The summed E-state index contributed by atoms with van der Waals surface area (Å²) in [4.78, 5) is 17.2. The van der Waals surface area contributed by atoms with Gasteiger partial charge in [0.25, 0.3) is 0 Å². The number of anilines is 1. The molecule has 0 aliphatic carbocycles. The molecular formula is C21H30N4O2. The van der Waals surface area contributed by atoms with Gasteiger partial charge in [-0.25, -0.2) is 0 Å². The number of nitrogens with one attached hydrogen (secondary N) is 1. The highest BCUT2D eigenvalue weighted by Crippen LogP contribution is 2.22. The molecule has 0 saturated carbocycles. The maximum atomic E-state index is 12.6. The van der Waals surface area contributed by atoms with Crippen molar-refractivity contribution in [2.75, 3.05) is 38.0 Å². The Kier molecular flexibility index (Phi) is 6.63. The molecule has 0 unspecified atom stereocenters. The highest BCUT2D eigenvalue weighted by molar-refractivity contribution is 5.93. The summed E-state index contributed by atoms with van der Waals surface area (Å²) in [6.45, 7) is 11.0. The summed E-state index contributed by atoms with van der Waals surface area (Å²) in [6.07, 6.45) is 1.84. The van der Waals surface area contributed by atoms with E-state index in [1.807, 2.05) is 13.0 Å². The van der Waals surface area contributed by atoms with Crippen molar-refractivity contribution in [2.24, 2.45) is 0 Å². The molecule has 1 N–H and O–H groups in total. The number of carbonyl (C=O) groups is 1. The number of hydrogen-bond acceptors (Lipinski definition) is 5. The molecular weight excluding hydrogens is 340 g/mol. The Morgan fingerprint density at radius 3 is 2.30 bits per heavy atom. The van der Waals surface area contributed by atoms with E-state index in [0.717, 1.165) is 62.7 Å². The lowest BCUT2D eigenvalue weighted by atomic mass is 10.0. The average molecular weight is 370 g/mol. The minimum Gasteiger partial charge on any atom is -0.360 e. The second kappa shape index (κ2) is 9.15. The van der Waals surface area contributed by atoms with Crippen molar-refractivity contribution >= 4 is 11.6 Å². The van der Waals surface area contributed by atoms with Crippen molar-refractivity contribution in [3.8, 4) is 0 Å². The Morgan fingerprint density at radius 1 is 1.11 bits per heavy atom. The van der Waals surface area contributed by atoms with Gasteiger partial charge >= 0.3 is 0 Å². The number of amides is 1. The zero-order valence-corrected chi connectivity index (χ0v) is 16.6. The van der Waals surface area contributed by atoms with Crippen molar-refractivity contribution in [3.63, 3.8) is 0 Å². The zero-order valence-electron chi connectivity index (χ0n) is 16.6. The molecule has 0 atom stereocenters. The number of piperazine rings is 1. The number of para-hydroxylation sites is 1. The minimum atomic E-state index is 0.0740. The molecule has 6 nitrogen and oxygen atoms in total. The van der Waals surface area contributed by atoms with E-state index in [4.69, 9.17) is 4.52 Å². The third-order valence-electron chi connectivity index (χ3n) is 5.15. The summed E-state index contributed by atoms with van der Waals surface area (Å²) in [5.74, 6) is 0.979. The lowest BCUT2D eigenvalue weighted by molar-refractivity contribution is -0.117. The van der Waals surface area contributed by atoms with Crippen LogP contribution in [0.15, 0.2) is 28.8 Å². The lowest BCUT2D eigenvalue weighted by Gasteiger charge is -2.33. The van der Waals surface area contributed by atoms with Crippen LogP contribution >= 0.6 is 0 Å². The Morgan fingerprint density at radius 2 is 1.74 bits per heavy atom. The highest BCUT2D eigenvalue weighted by Gasteiger charge is 2.20. The summed E-state index contributed by atoms with van der Waals surface area (Å²) in [5.41, 5.74) is 4.33. The number of aromatic nitrogens is 1. The van der Waals surface area contributed by atoms with Gasteiger partial charge < -0.3 is 9.84 Å². The quantitative estimate of drug-likeness (QED) is 0.812. The predicted molar refractivity (Wildman–Crippen MR) is 107 cm³/mol. The fraction of sp³-hybridized carbons (Fsp3) is 0.524. The van der Waals surface area contributed by atoms with Crippen LogP contribution in [0.1, 0.15) is 36.4 Å². The second-order valence-corrected chi connectivity index (χ2v) is 7.19. The monoisotopic (exact) mass is 370 g/mol. The highest BCUT2D eigenvalue weighted by atomic mass is 16.5. The molecule has 6 heteroatoms. The van der Waals surface area contributed by atoms with Gasteiger partial charge in [-0.2, -0.15) is 0 Å². The van der Waals surface area contributed by atoms with Crippen molar-refractivity contribution in [1.29, 1.82) is 0 Å². The van der Waals surface area contributed by atoms with Gasteiger partial charge in [0.05, 0.1) is 18.8 Å². The maximum absolute atomic E-state index is 12.6. The van der Waals surface area contributed by atoms with Crippen LogP contribution in [0.5, 0.6) is 0 Å².